The number of fused-ring (bicyclic) bond motifs is 1. The Kier molecular flexibility index (Phi) is 2.93. The highest BCUT2D eigenvalue weighted by Gasteiger charge is 2.34. The van der Waals surface area contributed by atoms with Crippen LogP contribution < -0.4 is 4.72 Å². The van der Waals surface area contributed by atoms with Crippen molar-refractivity contribution in [3.8, 4) is 0 Å². The fourth-order valence-electron chi connectivity index (χ4n) is 2.43. The van der Waals surface area contributed by atoms with Crippen LogP contribution in [0.25, 0.3) is 0 Å². The number of hydrogen-bond donors (Lipinski definition) is 3. The molecule has 0 bridgehead atoms. The molecule has 1 aromatic carbocycles. The minimum absolute atomic E-state index is 0.170. The Labute approximate surface area is 111 Å². The summed E-state index contributed by atoms with van der Waals surface area (Å²) in [6, 6.07) is 8.37. The summed E-state index contributed by atoms with van der Waals surface area (Å²) in [6.07, 6.45) is 2.70. The second kappa shape index (κ2) is 4.48. The molecular formula is C13H14N2O3S. The van der Waals surface area contributed by atoms with Gasteiger partial charge in [0, 0.05) is 18.8 Å². The Balaban J connectivity index is 1.92. The first-order valence-electron chi connectivity index (χ1n) is 5.99. The molecule has 2 aromatic rings. The van der Waals surface area contributed by atoms with Crippen molar-refractivity contribution in [2.24, 2.45) is 0 Å². The fourth-order valence-corrected chi connectivity index (χ4v) is 3.65. The molecule has 1 aliphatic rings. The number of H-pyrrole nitrogens is 1. The predicted molar refractivity (Wildman–Crippen MR) is 70.0 cm³/mol. The van der Waals surface area contributed by atoms with E-state index in [1.807, 2.05) is 24.3 Å². The van der Waals surface area contributed by atoms with Gasteiger partial charge < -0.3 is 10.1 Å². The summed E-state index contributed by atoms with van der Waals surface area (Å²) < 4.78 is 26.9. The summed E-state index contributed by atoms with van der Waals surface area (Å²) in [4.78, 5) is 2.88. The van der Waals surface area contributed by atoms with E-state index in [0.29, 0.717) is 6.42 Å². The lowest BCUT2D eigenvalue weighted by atomic mass is 10.1. The first-order valence-corrected chi connectivity index (χ1v) is 7.47. The molecule has 5 nitrogen and oxygen atoms in total. The van der Waals surface area contributed by atoms with Crippen LogP contribution in [-0.2, 0) is 16.4 Å². The maximum absolute atomic E-state index is 12.2. The topological polar surface area (TPSA) is 82.2 Å². The number of nitrogens with one attached hydrogen (secondary N) is 2. The van der Waals surface area contributed by atoms with E-state index in [4.69, 9.17) is 0 Å². The van der Waals surface area contributed by atoms with Gasteiger partial charge in [0.25, 0.3) is 0 Å². The lowest BCUT2D eigenvalue weighted by molar-refractivity contribution is 0.151. The molecule has 0 amide bonds. The van der Waals surface area contributed by atoms with Crippen molar-refractivity contribution in [1.29, 1.82) is 0 Å². The molecule has 2 unspecified atom stereocenters. The summed E-state index contributed by atoms with van der Waals surface area (Å²) in [5.41, 5.74) is 1.82. The van der Waals surface area contributed by atoms with Crippen molar-refractivity contribution in [3.63, 3.8) is 0 Å². The van der Waals surface area contributed by atoms with E-state index >= 15 is 0 Å². The van der Waals surface area contributed by atoms with Gasteiger partial charge in [0.2, 0.25) is 10.0 Å². The van der Waals surface area contributed by atoms with Gasteiger partial charge in [-0.2, -0.15) is 0 Å². The SMILES string of the molecule is O=S(=O)(NC1c2ccccc2CC1O)c1cc[nH]c1. The molecule has 1 aliphatic carbocycles. The van der Waals surface area contributed by atoms with Gasteiger partial charge in [0.1, 0.15) is 0 Å². The molecule has 1 heterocycles. The summed E-state index contributed by atoms with van der Waals surface area (Å²) in [5, 5.41) is 10.0. The van der Waals surface area contributed by atoms with Crippen LogP contribution in [0.2, 0.25) is 0 Å². The third kappa shape index (κ3) is 2.18. The van der Waals surface area contributed by atoms with Crippen molar-refractivity contribution in [2.45, 2.75) is 23.5 Å². The number of aromatic amines is 1. The first-order chi connectivity index (χ1) is 9.08. The van der Waals surface area contributed by atoms with E-state index in [-0.39, 0.29) is 4.90 Å². The van der Waals surface area contributed by atoms with Gasteiger partial charge in [-0.3, -0.25) is 0 Å². The molecule has 3 rings (SSSR count). The number of aliphatic hydroxyl groups excluding tert-OH is 1. The fraction of sp³-hybridized carbons (Fsp3) is 0.231. The summed E-state index contributed by atoms with van der Waals surface area (Å²) in [7, 11) is -3.62. The first kappa shape index (κ1) is 12.4. The Morgan fingerprint density at radius 1 is 1.26 bits per heavy atom. The summed E-state index contributed by atoms with van der Waals surface area (Å²) >= 11 is 0. The minimum atomic E-state index is -3.62. The minimum Gasteiger partial charge on any atom is -0.391 e. The van der Waals surface area contributed by atoms with Crippen molar-refractivity contribution in [3.05, 3.63) is 53.9 Å². The number of hydrogen-bond acceptors (Lipinski definition) is 3. The van der Waals surface area contributed by atoms with E-state index in [9.17, 15) is 13.5 Å². The molecule has 2 atom stereocenters. The van der Waals surface area contributed by atoms with Gasteiger partial charge in [-0.05, 0) is 17.2 Å². The lowest BCUT2D eigenvalue weighted by Crippen LogP contribution is -2.33. The summed E-state index contributed by atoms with van der Waals surface area (Å²) in [5.74, 6) is 0. The maximum Gasteiger partial charge on any atom is 0.242 e. The van der Waals surface area contributed by atoms with Crippen molar-refractivity contribution >= 4 is 10.0 Å². The van der Waals surface area contributed by atoms with E-state index in [0.717, 1.165) is 11.1 Å². The average Bonchev–Trinajstić information content (AvgIpc) is 2.99. The molecule has 0 saturated heterocycles. The maximum atomic E-state index is 12.2. The molecule has 1 aromatic heterocycles. The number of aromatic nitrogens is 1. The zero-order valence-electron chi connectivity index (χ0n) is 10.1. The molecule has 100 valence electrons. The zero-order chi connectivity index (χ0) is 13.5. The van der Waals surface area contributed by atoms with E-state index in [1.54, 1.807) is 6.20 Å². The Morgan fingerprint density at radius 2 is 2.05 bits per heavy atom. The van der Waals surface area contributed by atoms with Crippen LogP contribution in [0.3, 0.4) is 0 Å². The van der Waals surface area contributed by atoms with Gasteiger partial charge in [-0.1, -0.05) is 24.3 Å². The lowest BCUT2D eigenvalue weighted by Gasteiger charge is -2.17. The van der Waals surface area contributed by atoms with Crippen LogP contribution in [0.15, 0.2) is 47.6 Å². The normalized spacial score (nSPS) is 22.4. The molecule has 0 spiro atoms. The second-order valence-corrected chi connectivity index (χ2v) is 6.33. The predicted octanol–water partition coefficient (Wildman–Crippen LogP) is 0.951. The highest BCUT2D eigenvalue weighted by atomic mass is 32.2. The standard InChI is InChI=1S/C13H14N2O3S/c16-12-7-9-3-1-2-4-11(9)13(12)15-19(17,18)10-5-6-14-8-10/h1-6,8,12-16H,7H2. The molecule has 6 heteroatoms. The van der Waals surface area contributed by atoms with E-state index in [1.165, 1.54) is 12.3 Å². The second-order valence-electron chi connectivity index (χ2n) is 4.62. The van der Waals surface area contributed by atoms with Crippen molar-refractivity contribution in [1.82, 2.24) is 9.71 Å². The third-order valence-corrected chi connectivity index (χ3v) is 4.80. The van der Waals surface area contributed by atoms with Crippen LogP contribution in [0.4, 0.5) is 0 Å². The number of sulfonamides is 1. The van der Waals surface area contributed by atoms with Crippen LogP contribution in [0.1, 0.15) is 17.2 Å². The molecular weight excluding hydrogens is 264 g/mol. The van der Waals surface area contributed by atoms with Crippen LogP contribution in [-0.4, -0.2) is 24.6 Å². The molecule has 19 heavy (non-hydrogen) atoms. The highest BCUT2D eigenvalue weighted by molar-refractivity contribution is 7.89. The van der Waals surface area contributed by atoms with E-state index < -0.39 is 22.2 Å². The molecule has 0 aliphatic heterocycles. The van der Waals surface area contributed by atoms with E-state index in [2.05, 4.69) is 9.71 Å². The van der Waals surface area contributed by atoms with Gasteiger partial charge in [0.15, 0.2) is 0 Å². The van der Waals surface area contributed by atoms with Crippen molar-refractivity contribution < 1.29 is 13.5 Å². The monoisotopic (exact) mass is 278 g/mol. The zero-order valence-corrected chi connectivity index (χ0v) is 10.9. The third-order valence-electron chi connectivity index (χ3n) is 3.37. The molecule has 0 radical (unpaired) electrons. The molecule has 0 fully saturated rings. The quantitative estimate of drug-likeness (QED) is 0.782. The van der Waals surface area contributed by atoms with Gasteiger partial charge in [-0.25, -0.2) is 13.1 Å². The van der Waals surface area contributed by atoms with Gasteiger partial charge in [-0.15, -0.1) is 0 Å². The van der Waals surface area contributed by atoms with Crippen molar-refractivity contribution in [2.75, 3.05) is 0 Å². The van der Waals surface area contributed by atoms with Gasteiger partial charge in [0.05, 0.1) is 17.0 Å². The van der Waals surface area contributed by atoms with Crippen LogP contribution >= 0.6 is 0 Å². The van der Waals surface area contributed by atoms with Crippen LogP contribution in [0.5, 0.6) is 0 Å². The number of aliphatic hydroxyl groups is 1. The Hall–Kier alpha value is -1.63. The molecule has 3 N–H and O–H groups in total. The largest absolute Gasteiger partial charge is 0.391 e. The average molecular weight is 278 g/mol. The smallest absolute Gasteiger partial charge is 0.242 e. The Bertz CT molecular complexity index is 680. The van der Waals surface area contributed by atoms with Gasteiger partial charge >= 0.3 is 0 Å². The molecule has 0 saturated carbocycles. The highest BCUT2D eigenvalue weighted by Crippen LogP contribution is 2.32. The number of rotatable bonds is 3. The summed E-state index contributed by atoms with van der Waals surface area (Å²) in [6.45, 7) is 0. The van der Waals surface area contributed by atoms with Crippen LogP contribution in [0, 0.1) is 0 Å². The number of benzene rings is 1. The Morgan fingerprint density at radius 3 is 2.79 bits per heavy atom.